The number of nitrogens with one attached hydrogen (secondary N) is 1. The lowest BCUT2D eigenvalue weighted by Gasteiger charge is -2.31. The van der Waals surface area contributed by atoms with Gasteiger partial charge in [0, 0.05) is 21.7 Å². The highest BCUT2D eigenvalue weighted by molar-refractivity contribution is 6.30. The number of benzene rings is 3. The van der Waals surface area contributed by atoms with Gasteiger partial charge in [0.1, 0.15) is 11.8 Å². The molecule has 160 valence electrons. The number of esters is 2. The molecule has 0 fully saturated rings. The highest BCUT2D eigenvalue weighted by Crippen LogP contribution is 2.48. The zero-order valence-corrected chi connectivity index (χ0v) is 17.9. The second-order valence-electron chi connectivity index (χ2n) is 7.06. The van der Waals surface area contributed by atoms with Crippen LogP contribution >= 0.6 is 11.6 Å². The van der Waals surface area contributed by atoms with E-state index in [4.69, 9.17) is 25.8 Å². The number of hydrogen-bond acceptors (Lipinski definition) is 6. The first-order valence-corrected chi connectivity index (χ1v) is 10.5. The van der Waals surface area contributed by atoms with Gasteiger partial charge in [-0.3, -0.25) is 0 Å². The van der Waals surface area contributed by atoms with Crippen molar-refractivity contribution in [1.82, 2.24) is 0 Å². The predicted molar refractivity (Wildman–Crippen MR) is 118 cm³/mol. The van der Waals surface area contributed by atoms with Crippen LogP contribution in [0.1, 0.15) is 25.5 Å². The Morgan fingerprint density at radius 1 is 1.00 bits per heavy atom. The Kier molecular flexibility index (Phi) is 5.74. The van der Waals surface area contributed by atoms with Crippen molar-refractivity contribution >= 4 is 40.0 Å². The van der Waals surface area contributed by atoms with E-state index in [1.165, 1.54) is 0 Å². The first-order chi connectivity index (χ1) is 15.0. The summed E-state index contributed by atoms with van der Waals surface area (Å²) in [6, 6.07) is 17.6. The lowest BCUT2D eigenvalue weighted by Crippen LogP contribution is -2.57. The zero-order chi connectivity index (χ0) is 22.0. The molecule has 6 nitrogen and oxygen atoms in total. The fourth-order valence-electron chi connectivity index (χ4n) is 3.85. The summed E-state index contributed by atoms with van der Waals surface area (Å²) in [4.78, 5) is 26.4. The minimum absolute atomic E-state index is 0.0848. The highest BCUT2D eigenvalue weighted by Gasteiger charge is 2.63. The fraction of sp³-hybridized carbons (Fsp3) is 0.250. The van der Waals surface area contributed by atoms with E-state index >= 15 is 0 Å². The van der Waals surface area contributed by atoms with Gasteiger partial charge in [0.05, 0.1) is 13.2 Å². The molecule has 1 N–H and O–H groups in total. The van der Waals surface area contributed by atoms with Crippen molar-refractivity contribution in [3.8, 4) is 5.75 Å². The Hall–Kier alpha value is -3.25. The molecule has 0 bridgehead atoms. The van der Waals surface area contributed by atoms with E-state index in [0.717, 1.165) is 16.5 Å². The zero-order valence-electron chi connectivity index (χ0n) is 17.2. The molecule has 3 aromatic carbocycles. The third-order valence-corrected chi connectivity index (χ3v) is 5.44. The Labute approximate surface area is 185 Å². The van der Waals surface area contributed by atoms with Crippen LogP contribution < -0.4 is 10.1 Å². The average molecular weight is 440 g/mol. The molecule has 3 aromatic rings. The number of halogens is 1. The summed E-state index contributed by atoms with van der Waals surface area (Å²) in [6.07, 6.45) is 0. The molecule has 0 aliphatic carbocycles. The number of carbonyl (C=O) groups excluding carboxylic acids is 2. The van der Waals surface area contributed by atoms with Gasteiger partial charge in [0.15, 0.2) is 0 Å². The molecule has 0 spiro atoms. The van der Waals surface area contributed by atoms with Gasteiger partial charge >= 0.3 is 17.5 Å². The number of fused-ring (bicyclic) bond motifs is 2. The van der Waals surface area contributed by atoms with E-state index < -0.39 is 23.6 Å². The van der Waals surface area contributed by atoms with E-state index in [-0.39, 0.29) is 13.2 Å². The number of carbonyl (C=O) groups is 2. The molecule has 0 radical (unpaired) electrons. The molecule has 7 heteroatoms. The van der Waals surface area contributed by atoms with Gasteiger partial charge in [-0.2, -0.15) is 0 Å². The molecule has 1 heterocycles. The summed E-state index contributed by atoms with van der Waals surface area (Å²) in [7, 11) is 0. The van der Waals surface area contributed by atoms with Gasteiger partial charge in [-0.1, -0.05) is 48.0 Å². The Bertz CT molecular complexity index is 1120. The monoisotopic (exact) mass is 439 g/mol. The topological polar surface area (TPSA) is 73.9 Å². The van der Waals surface area contributed by atoms with Crippen LogP contribution in [0.15, 0.2) is 60.7 Å². The highest BCUT2D eigenvalue weighted by atomic mass is 35.5. The van der Waals surface area contributed by atoms with Crippen LogP contribution in [-0.2, 0) is 19.1 Å². The Balaban J connectivity index is 1.89. The van der Waals surface area contributed by atoms with Crippen molar-refractivity contribution in [3.63, 3.8) is 0 Å². The summed E-state index contributed by atoms with van der Waals surface area (Å²) in [5.74, 6) is -1.28. The summed E-state index contributed by atoms with van der Waals surface area (Å²) >= 11 is 6.25. The second-order valence-corrected chi connectivity index (χ2v) is 7.50. The average Bonchev–Trinajstić information content (AvgIpc) is 3.09. The Morgan fingerprint density at radius 3 is 2.39 bits per heavy atom. The molecular weight excluding hydrogens is 418 g/mol. The van der Waals surface area contributed by atoms with Gasteiger partial charge in [-0.05, 0) is 43.5 Å². The maximum atomic E-state index is 13.2. The number of anilines is 1. The molecule has 0 aromatic heterocycles. The van der Waals surface area contributed by atoms with Crippen LogP contribution in [0.5, 0.6) is 5.75 Å². The van der Waals surface area contributed by atoms with E-state index in [2.05, 4.69) is 5.32 Å². The third-order valence-electron chi connectivity index (χ3n) is 5.21. The van der Waals surface area contributed by atoms with Crippen molar-refractivity contribution in [1.29, 1.82) is 0 Å². The lowest BCUT2D eigenvalue weighted by atomic mass is 9.90. The molecular formula is C24H22ClNO5. The van der Waals surface area contributed by atoms with Crippen molar-refractivity contribution in [2.45, 2.75) is 25.5 Å². The fourth-order valence-corrected chi connectivity index (χ4v) is 4.03. The standard InChI is InChI=1S/C24H22ClNO5/c1-3-29-22(27)24(23(28)30-4-2)21(18-14-16(25)12-13-20(18)31-24)26-19-11-7-9-15-8-5-6-10-17(15)19/h5-14,21,26H,3-4H2,1-2H3. The van der Waals surface area contributed by atoms with Crippen molar-refractivity contribution < 1.29 is 23.8 Å². The van der Waals surface area contributed by atoms with Crippen LogP contribution in [0.2, 0.25) is 5.02 Å². The molecule has 31 heavy (non-hydrogen) atoms. The van der Waals surface area contributed by atoms with Crippen LogP contribution in [0, 0.1) is 0 Å². The van der Waals surface area contributed by atoms with Gasteiger partial charge < -0.3 is 19.5 Å². The minimum Gasteiger partial charge on any atom is -0.462 e. The largest absolute Gasteiger partial charge is 0.462 e. The third kappa shape index (κ3) is 3.57. The summed E-state index contributed by atoms with van der Waals surface area (Å²) in [6.45, 7) is 3.51. The van der Waals surface area contributed by atoms with Crippen LogP contribution in [0.25, 0.3) is 10.8 Å². The molecule has 1 atom stereocenters. The van der Waals surface area contributed by atoms with Crippen molar-refractivity contribution in [2.24, 2.45) is 0 Å². The number of rotatable bonds is 6. The van der Waals surface area contributed by atoms with E-state index in [0.29, 0.717) is 16.3 Å². The van der Waals surface area contributed by atoms with Crippen molar-refractivity contribution in [2.75, 3.05) is 18.5 Å². The summed E-state index contributed by atoms with van der Waals surface area (Å²) in [5.41, 5.74) is -0.741. The molecule has 1 aliphatic heterocycles. The summed E-state index contributed by atoms with van der Waals surface area (Å²) < 4.78 is 16.6. The van der Waals surface area contributed by atoms with Crippen molar-refractivity contribution in [3.05, 3.63) is 71.2 Å². The number of hydrogen-bond donors (Lipinski definition) is 1. The normalized spacial score (nSPS) is 16.3. The smallest absolute Gasteiger partial charge is 0.365 e. The minimum atomic E-state index is -2.05. The van der Waals surface area contributed by atoms with Crippen LogP contribution in [0.4, 0.5) is 5.69 Å². The first-order valence-electron chi connectivity index (χ1n) is 10.1. The van der Waals surface area contributed by atoms with E-state index in [1.54, 1.807) is 32.0 Å². The number of ether oxygens (including phenoxy) is 3. The molecule has 0 saturated heterocycles. The Morgan fingerprint density at radius 2 is 1.68 bits per heavy atom. The lowest BCUT2D eigenvalue weighted by molar-refractivity contribution is -0.179. The maximum Gasteiger partial charge on any atom is 0.365 e. The van der Waals surface area contributed by atoms with Gasteiger partial charge in [-0.25, -0.2) is 9.59 Å². The quantitative estimate of drug-likeness (QED) is 0.435. The van der Waals surface area contributed by atoms with E-state index in [9.17, 15) is 9.59 Å². The van der Waals surface area contributed by atoms with Crippen LogP contribution in [0.3, 0.4) is 0 Å². The molecule has 0 amide bonds. The van der Waals surface area contributed by atoms with Crippen LogP contribution in [-0.4, -0.2) is 30.8 Å². The first kappa shape index (κ1) is 21.0. The predicted octanol–water partition coefficient (Wildman–Crippen LogP) is 4.90. The maximum absolute atomic E-state index is 13.2. The van der Waals surface area contributed by atoms with Gasteiger partial charge in [0.2, 0.25) is 0 Å². The molecule has 0 saturated carbocycles. The molecule has 1 aliphatic rings. The summed E-state index contributed by atoms with van der Waals surface area (Å²) in [5, 5.41) is 5.75. The SMILES string of the molecule is CCOC(=O)C1(C(=O)OCC)Oc2ccc(Cl)cc2C1Nc1cccc2ccccc12. The molecule has 4 rings (SSSR count). The van der Waals surface area contributed by atoms with Gasteiger partial charge in [0.25, 0.3) is 0 Å². The second kappa shape index (κ2) is 8.47. The molecule has 1 unspecified atom stereocenters. The van der Waals surface area contributed by atoms with Gasteiger partial charge in [-0.15, -0.1) is 0 Å². The van der Waals surface area contributed by atoms with E-state index in [1.807, 2.05) is 42.5 Å².